The SMILES string of the molecule is CCCCCCC(O)(CCCCCC)[C@](F)(NS(=O)(=O)c1ccccc1)[C@@H](C)CC. The minimum atomic E-state index is -4.11. The van der Waals surface area contributed by atoms with E-state index in [9.17, 15) is 13.5 Å². The largest absolute Gasteiger partial charge is 0.385 e. The summed E-state index contributed by atoms with van der Waals surface area (Å²) in [5.74, 6) is -3.10. The molecule has 1 rings (SSSR count). The van der Waals surface area contributed by atoms with Crippen LogP contribution in [0.2, 0.25) is 0 Å². The highest BCUT2D eigenvalue weighted by Gasteiger charge is 2.55. The molecule has 0 aromatic heterocycles. The highest BCUT2D eigenvalue weighted by atomic mass is 32.2. The van der Waals surface area contributed by atoms with Gasteiger partial charge in [-0.2, -0.15) is 4.72 Å². The summed E-state index contributed by atoms with van der Waals surface area (Å²) in [5.41, 5.74) is -1.74. The van der Waals surface area contributed by atoms with Crippen LogP contribution in [0, 0.1) is 5.92 Å². The van der Waals surface area contributed by atoms with Gasteiger partial charge in [0.2, 0.25) is 15.8 Å². The molecule has 2 N–H and O–H groups in total. The molecule has 0 aliphatic rings. The zero-order valence-corrected chi connectivity index (χ0v) is 20.1. The van der Waals surface area contributed by atoms with Crippen molar-refractivity contribution in [2.45, 2.75) is 115 Å². The van der Waals surface area contributed by atoms with E-state index in [-0.39, 0.29) is 17.7 Å². The molecule has 0 unspecified atom stereocenters. The first-order valence-electron chi connectivity index (χ1n) is 11.7. The number of halogens is 1. The third-order valence-electron chi connectivity index (χ3n) is 6.19. The summed E-state index contributed by atoms with van der Waals surface area (Å²) < 4.78 is 45.0. The molecule has 0 spiro atoms. The number of hydrogen-bond donors (Lipinski definition) is 2. The lowest BCUT2D eigenvalue weighted by Crippen LogP contribution is -2.64. The van der Waals surface area contributed by atoms with Crippen LogP contribution < -0.4 is 4.72 Å². The van der Waals surface area contributed by atoms with Gasteiger partial charge >= 0.3 is 0 Å². The molecule has 0 aliphatic heterocycles. The Hall–Kier alpha value is -0.980. The van der Waals surface area contributed by atoms with Gasteiger partial charge in [-0.15, -0.1) is 0 Å². The Balaban J connectivity index is 3.24. The fourth-order valence-corrected chi connectivity index (χ4v) is 5.38. The normalized spacial score (nSPS) is 15.7. The van der Waals surface area contributed by atoms with Crippen molar-refractivity contribution in [1.82, 2.24) is 4.72 Å². The van der Waals surface area contributed by atoms with Gasteiger partial charge < -0.3 is 5.11 Å². The number of nitrogens with one attached hydrogen (secondary N) is 1. The Morgan fingerprint density at radius 1 is 0.933 bits per heavy atom. The number of hydrogen-bond acceptors (Lipinski definition) is 3. The van der Waals surface area contributed by atoms with Crippen LogP contribution in [-0.4, -0.2) is 24.9 Å². The topological polar surface area (TPSA) is 66.4 Å². The second-order valence-electron chi connectivity index (χ2n) is 8.59. The van der Waals surface area contributed by atoms with Gasteiger partial charge in [0.1, 0.15) is 5.60 Å². The van der Waals surface area contributed by atoms with E-state index < -0.39 is 27.3 Å². The van der Waals surface area contributed by atoms with Gasteiger partial charge in [0.15, 0.2) is 0 Å². The van der Waals surface area contributed by atoms with Crippen molar-refractivity contribution >= 4 is 10.0 Å². The van der Waals surface area contributed by atoms with Crippen LogP contribution in [0.5, 0.6) is 0 Å². The Bertz CT molecular complexity index is 684. The molecule has 0 bridgehead atoms. The van der Waals surface area contributed by atoms with Gasteiger partial charge in [-0.05, 0) is 31.4 Å². The first-order chi connectivity index (χ1) is 14.2. The second-order valence-corrected chi connectivity index (χ2v) is 10.3. The van der Waals surface area contributed by atoms with Crippen molar-refractivity contribution in [2.75, 3.05) is 0 Å². The molecule has 0 radical (unpaired) electrons. The van der Waals surface area contributed by atoms with Crippen molar-refractivity contribution < 1.29 is 17.9 Å². The first kappa shape index (κ1) is 27.1. The summed E-state index contributed by atoms with van der Waals surface area (Å²) >= 11 is 0. The van der Waals surface area contributed by atoms with Crippen LogP contribution in [-0.2, 0) is 10.0 Å². The Morgan fingerprint density at radius 3 is 1.87 bits per heavy atom. The van der Waals surface area contributed by atoms with Crippen LogP contribution in [0.1, 0.15) is 98.3 Å². The van der Waals surface area contributed by atoms with Crippen LogP contribution >= 0.6 is 0 Å². The maximum Gasteiger partial charge on any atom is 0.243 e. The molecule has 1 aromatic rings. The molecule has 30 heavy (non-hydrogen) atoms. The number of alkyl halides is 1. The maximum absolute atomic E-state index is 16.7. The second kappa shape index (κ2) is 12.8. The van der Waals surface area contributed by atoms with E-state index in [2.05, 4.69) is 18.6 Å². The van der Waals surface area contributed by atoms with Crippen molar-refractivity contribution in [3.63, 3.8) is 0 Å². The Labute approximate surface area is 183 Å². The highest BCUT2D eigenvalue weighted by molar-refractivity contribution is 7.89. The van der Waals surface area contributed by atoms with Crippen molar-refractivity contribution in [1.29, 1.82) is 0 Å². The average Bonchev–Trinajstić information content (AvgIpc) is 2.74. The molecular weight excluding hydrogens is 401 g/mol. The lowest BCUT2D eigenvalue weighted by Gasteiger charge is -2.45. The van der Waals surface area contributed by atoms with Crippen LogP contribution in [0.4, 0.5) is 4.39 Å². The van der Waals surface area contributed by atoms with Gasteiger partial charge in [0.25, 0.3) is 0 Å². The molecule has 6 heteroatoms. The molecule has 0 fully saturated rings. The van der Waals surface area contributed by atoms with E-state index in [1.165, 1.54) is 12.1 Å². The molecule has 4 nitrogen and oxygen atoms in total. The summed E-state index contributed by atoms with van der Waals surface area (Å²) in [6, 6.07) is 7.83. The fourth-order valence-electron chi connectivity index (χ4n) is 3.97. The van der Waals surface area contributed by atoms with Gasteiger partial charge in [-0.1, -0.05) is 97.3 Å². The number of rotatable bonds is 16. The smallest absolute Gasteiger partial charge is 0.243 e. The minimum Gasteiger partial charge on any atom is -0.385 e. The van der Waals surface area contributed by atoms with Gasteiger partial charge in [-0.3, -0.25) is 0 Å². The highest BCUT2D eigenvalue weighted by Crippen LogP contribution is 2.42. The molecule has 0 amide bonds. The molecule has 0 saturated heterocycles. The zero-order valence-electron chi connectivity index (χ0n) is 19.3. The quantitative estimate of drug-likeness (QED) is 0.231. The number of sulfonamides is 1. The molecule has 0 saturated carbocycles. The van der Waals surface area contributed by atoms with E-state index in [0.29, 0.717) is 19.3 Å². The number of aliphatic hydroxyl groups is 1. The average molecular weight is 444 g/mol. The molecule has 2 atom stereocenters. The van der Waals surface area contributed by atoms with Crippen LogP contribution in [0.15, 0.2) is 35.2 Å². The van der Waals surface area contributed by atoms with E-state index in [1.54, 1.807) is 25.1 Å². The Morgan fingerprint density at radius 2 is 1.43 bits per heavy atom. The summed E-state index contributed by atoms with van der Waals surface area (Å²) in [6.45, 7) is 7.70. The Kier molecular flexibility index (Phi) is 11.5. The summed E-state index contributed by atoms with van der Waals surface area (Å²) in [6.07, 6.45) is 8.18. The number of benzene rings is 1. The van der Waals surface area contributed by atoms with Crippen LogP contribution in [0.3, 0.4) is 0 Å². The summed E-state index contributed by atoms with van der Waals surface area (Å²) in [4.78, 5) is 0.00893. The number of unbranched alkanes of at least 4 members (excludes halogenated alkanes) is 6. The molecule has 0 heterocycles. The third kappa shape index (κ3) is 7.31. The maximum atomic E-state index is 16.7. The van der Waals surface area contributed by atoms with E-state index in [1.807, 2.05) is 6.92 Å². The predicted molar refractivity (Wildman–Crippen MR) is 123 cm³/mol. The van der Waals surface area contributed by atoms with E-state index >= 15 is 4.39 Å². The zero-order chi connectivity index (χ0) is 22.7. The van der Waals surface area contributed by atoms with Crippen molar-refractivity contribution in [3.8, 4) is 0 Å². The van der Waals surface area contributed by atoms with Crippen LogP contribution in [0.25, 0.3) is 0 Å². The van der Waals surface area contributed by atoms with Gasteiger partial charge in [-0.25, -0.2) is 12.8 Å². The molecule has 1 aromatic carbocycles. The minimum absolute atomic E-state index is 0.00893. The molecule has 174 valence electrons. The summed E-state index contributed by atoms with van der Waals surface area (Å²) in [7, 11) is -4.11. The van der Waals surface area contributed by atoms with E-state index in [0.717, 1.165) is 38.5 Å². The summed E-state index contributed by atoms with van der Waals surface area (Å²) in [5, 5.41) is 11.6. The van der Waals surface area contributed by atoms with Crippen molar-refractivity contribution in [3.05, 3.63) is 30.3 Å². The fraction of sp³-hybridized carbons (Fsp3) is 0.750. The predicted octanol–water partition coefficient (Wildman–Crippen LogP) is 6.35. The monoisotopic (exact) mass is 443 g/mol. The first-order valence-corrected chi connectivity index (χ1v) is 13.2. The standard InChI is InChI=1S/C24H42FNO3S/c1-5-8-10-15-19-23(27,20-16-11-9-6-2)24(25,21(4)7-3)26-30(28,29)22-17-13-12-14-18-22/h12-14,17-18,21,26-27H,5-11,15-16,19-20H2,1-4H3/t21-,24+/m0/s1. The molecule has 0 aliphatic carbocycles. The molecular formula is C24H42FNO3S. The third-order valence-corrected chi connectivity index (χ3v) is 7.65. The van der Waals surface area contributed by atoms with Crippen molar-refractivity contribution in [2.24, 2.45) is 5.92 Å². The lowest BCUT2D eigenvalue weighted by atomic mass is 9.75. The van der Waals surface area contributed by atoms with Gasteiger partial charge in [0, 0.05) is 5.92 Å². The lowest BCUT2D eigenvalue weighted by molar-refractivity contribution is -0.149. The van der Waals surface area contributed by atoms with Gasteiger partial charge in [0.05, 0.1) is 4.90 Å². The van der Waals surface area contributed by atoms with E-state index in [4.69, 9.17) is 0 Å².